The number of hydrogen-bond donors (Lipinski definition) is 2. The van der Waals surface area contributed by atoms with E-state index in [0.717, 1.165) is 29.8 Å². The Balaban J connectivity index is 1.59. The van der Waals surface area contributed by atoms with Crippen molar-refractivity contribution in [2.75, 3.05) is 17.2 Å². The van der Waals surface area contributed by atoms with Gasteiger partial charge in [0.2, 0.25) is 0 Å². The molecule has 3 unspecified atom stereocenters. The third-order valence-electron chi connectivity index (χ3n) is 4.53. The van der Waals surface area contributed by atoms with Crippen molar-refractivity contribution < 1.29 is 9.53 Å². The Kier molecular flexibility index (Phi) is 4.33. The summed E-state index contributed by atoms with van der Waals surface area (Å²) < 4.78 is 5.33. The van der Waals surface area contributed by atoms with Gasteiger partial charge in [-0.3, -0.25) is 5.32 Å². The molecule has 0 heterocycles. The normalized spacial score (nSPS) is 25.4. The van der Waals surface area contributed by atoms with Crippen LogP contribution in [0.25, 0.3) is 0 Å². The molecule has 1 fully saturated rings. The predicted molar refractivity (Wildman–Crippen MR) is 93.6 cm³/mol. The standard InChI is InChI=1S/C19H26N2O2/c1-19(2,3)23-18(22)21-17-7-5-4-6-16(17)20-12-15-11-13-8-9-14(15)10-13/h4-9,13-15,20H,10-12H2,1-3H3,(H,21,22). The minimum Gasteiger partial charge on any atom is -0.444 e. The molecule has 0 spiro atoms. The number of carbonyl (C=O) groups is 1. The van der Waals surface area contributed by atoms with Gasteiger partial charge >= 0.3 is 6.09 Å². The second-order valence-corrected chi connectivity index (χ2v) is 7.59. The average molecular weight is 314 g/mol. The quantitative estimate of drug-likeness (QED) is 0.795. The zero-order chi connectivity index (χ0) is 16.4. The van der Waals surface area contributed by atoms with Gasteiger partial charge in [0.1, 0.15) is 5.60 Å². The fraction of sp³-hybridized carbons (Fsp3) is 0.526. The van der Waals surface area contributed by atoms with Crippen molar-refractivity contribution >= 4 is 17.5 Å². The molecule has 3 atom stereocenters. The van der Waals surface area contributed by atoms with Crippen LogP contribution in [0.15, 0.2) is 36.4 Å². The van der Waals surface area contributed by atoms with E-state index in [1.54, 1.807) is 0 Å². The molecule has 1 amide bonds. The van der Waals surface area contributed by atoms with Crippen LogP contribution >= 0.6 is 0 Å². The molecule has 124 valence electrons. The van der Waals surface area contributed by atoms with Crippen LogP contribution in [0.5, 0.6) is 0 Å². The molecule has 1 saturated carbocycles. The number of nitrogens with one attached hydrogen (secondary N) is 2. The Morgan fingerprint density at radius 3 is 2.52 bits per heavy atom. The van der Waals surface area contributed by atoms with Gasteiger partial charge in [0.05, 0.1) is 11.4 Å². The highest BCUT2D eigenvalue weighted by atomic mass is 16.6. The highest BCUT2D eigenvalue weighted by molar-refractivity contribution is 5.89. The zero-order valence-corrected chi connectivity index (χ0v) is 14.1. The van der Waals surface area contributed by atoms with E-state index in [4.69, 9.17) is 4.74 Å². The molecule has 0 aliphatic heterocycles. The molecule has 0 radical (unpaired) electrons. The van der Waals surface area contributed by atoms with Crippen molar-refractivity contribution in [3.63, 3.8) is 0 Å². The van der Waals surface area contributed by atoms with Crippen LogP contribution in [0, 0.1) is 17.8 Å². The van der Waals surface area contributed by atoms with E-state index >= 15 is 0 Å². The Hall–Kier alpha value is -1.97. The Bertz CT molecular complexity index is 604. The van der Waals surface area contributed by atoms with Gasteiger partial charge in [0, 0.05) is 6.54 Å². The first kappa shape index (κ1) is 15.9. The van der Waals surface area contributed by atoms with E-state index in [-0.39, 0.29) is 0 Å². The van der Waals surface area contributed by atoms with Crippen molar-refractivity contribution in [2.24, 2.45) is 17.8 Å². The highest BCUT2D eigenvalue weighted by Gasteiger charge is 2.35. The topological polar surface area (TPSA) is 50.4 Å². The Morgan fingerprint density at radius 2 is 1.91 bits per heavy atom. The first-order chi connectivity index (χ1) is 10.9. The highest BCUT2D eigenvalue weighted by Crippen LogP contribution is 2.43. The Morgan fingerprint density at radius 1 is 1.17 bits per heavy atom. The summed E-state index contributed by atoms with van der Waals surface area (Å²) in [6.07, 6.45) is 6.89. The molecule has 1 aromatic rings. The zero-order valence-electron chi connectivity index (χ0n) is 14.1. The molecule has 2 aliphatic carbocycles. The van der Waals surface area contributed by atoms with E-state index < -0.39 is 11.7 Å². The smallest absolute Gasteiger partial charge is 0.412 e. The molecule has 2 aliphatic rings. The second-order valence-electron chi connectivity index (χ2n) is 7.59. The molecule has 0 saturated heterocycles. The average Bonchev–Trinajstić information content (AvgIpc) is 3.06. The van der Waals surface area contributed by atoms with Crippen LogP contribution in [-0.4, -0.2) is 18.2 Å². The van der Waals surface area contributed by atoms with Gasteiger partial charge in [0.15, 0.2) is 0 Å². The molecule has 23 heavy (non-hydrogen) atoms. The number of amides is 1. The number of ether oxygens (including phenoxy) is 1. The van der Waals surface area contributed by atoms with Crippen LogP contribution < -0.4 is 10.6 Å². The summed E-state index contributed by atoms with van der Waals surface area (Å²) in [6.45, 7) is 6.52. The van der Waals surface area contributed by atoms with Gasteiger partial charge in [-0.15, -0.1) is 0 Å². The molecule has 2 bridgehead atoms. The van der Waals surface area contributed by atoms with Gasteiger partial charge in [0.25, 0.3) is 0 Å². The van der Waals surface area contributed by atoms with Crippen LogP contribution in [0.2, 0.25) is 0 Å². The third kappa shape index (κ3) is 4.06. The van der Waals surface area contributed by atoms with Gasteiger partial charge in [-0.25, -0.2) is 4.79 Å². The first-order valence-corrected chi connectivity index (χ1v) is 8.42. The summed E-state index contributed by atoms with van der Waals surface area (Å²) in [7, 11) is 0. The van der Waals surface area contributed by atoms with Crippen molar-refractivity contribution in [1.82, 2.24) is 0 Å². The number of allylic oxidation sites excluding steroid dienone is 2. The van der Waals surface area contributed by atoms with Crippen LogP contribution in [0.3, 0.4) is 0 Å². The number of anilines is 2. The summed E-state index contributed by atoms with van der Waals surface area (Å²) in [5.74, 6) is 2.19. The van der Waals surface area contributed by atoms with Gasteiger partial charge in [-0.05, 0) is 63.5 Å². The van der Waals surface area contributed by atoms with Crippen molar-refractivity contribution in [3.8, 4) is 0 Å². The number of hydrogen-bond acceptors (Lipinski definition) is 3. The Labute approximate surface area is 138 Å². The first-order valence-electron chi connectivity index (χ1n) is 8.42. The minimum atomic E-state index is -0.498. The monoisotopic (exact) mass is 314 g/mol. The number of benzene rings is 1. The molecule has 2 N–H and O–H groups in total. The lowest BCUT2D eigenvalue weighted by molar-refractivity contribution is 0.0636. The van der Waals surface area contributed by atoms with Gasteiger partial charge < -0.3 is 10.1 Å². The minimum absolute atomic E-state index is 0.422. The molecule has 3 rings (SSSR count). The van der Waals surface area contributed by atoms with E-state index in [0.29, 0.717) is 5.92 Å². The molecule has 1 aromatic carbocycles. The number of carbonyl (C=O) groups excluding carboxylic acids is 1. The summed E-state index contributed by atoms with van der Waals surface area (Å²) in [4.78, 5) is 12.0. The van der Waals surface area contributed by atoms with E-state index in [1.807, 2.05) is 45.0 Å². The molecule has 4 heteroatoms. The second kappa shape index (κ2) is 6.26. The summed E-state index contributed by atoms with van der Waals surface area (Å²) >= 11 is 0. The maximum Gasteiger partial charge on any atom is 0.412 e. The maximum atomic E-state index is 12.0. The number of rotatable bonds is 4. The lowest BCUT2D eigenvalue weighted by Gasteiger charge is -2.22. The number of fused-ring (bicyclic) bond motifs is 2. The lowest BCUT2D eigenvalue weighted by Crippen LogP contribution is -2.27. The summed E-state index contributed by atoms with van der Waals surface area (Å²) in [5.41, 5.74) is 1.22. The van der Waals surface area contributed by atoms with Gasteiger partial charge in [-0.2, -0.15) is 0 Å². The van der Waals surface area contributed by atoms with Gasteiger partial charge in [-0.1, -0.05) is 24.3 Å². The third-order valence-corrected chi connectivity index (χ3v) is 4.53. The molecule has 0 aromatic heterocycles. The van der Waals surface area contributed by atoms with E-state index in [2.05, 4.69) is 22.8 Å². The number of para-hydroxylation sites is 2. The van der Waals surface area contributed by atoms with Crippen molar-refractivity contribution in [1.29, 1.82) is 0 Å². The van der Waals surface area contributed by atoms with Crippen LogP contribution in [-0.2, 0) is 4.74 Å². The molecular formula is C19H26N2O2. The van der Waals surface area contributed by atoms with E-state index in [1.165, 1.54) is 12.8 Å². The fourth-order valence-electron chi connectivity index (χ4n) is 3.53. The van der Waals surface area contributed by atoms with E-state index in [9.17, 15) is 4.79 Å². The van der Waals surface area contributed by atoms with Crippen molar-refractivity contribution in [3.05, 3.63) is 36.4 Å². The predicted octanol–water partition coefficient (Wildman–Crippen LogP) is 4.66. The molecular weight excluding hydrogens is 288 g/mol. The largest absolute Gasteiger partial charge is 0.444 e. The van der Waals surface area contributed by atoms with Crippen molar-refractivity contribution in [2.45, 2.75) is 39.2 Å². The van der Waals surface area contributed by atoms with Crippen LogP contribution in [0.1, 0.15) is 33.6 Å². The molecule has 4 nitrogen and oxygen atoms in total. The van der Waals surface area contributed by atoms with Crippen LogP contribution in [0.4, 0.5) is 16.2 Å². The fourth-order valence-corrected chi connectivity index (χ4v) is 3.53. The SMILES string of the molecule is CC(C)(C)OC(=O)Nc1ccccc1NCC1CC2C=CC1C2. The summed E-state index contributed by atoms with van der Waals surface area (Å²) in [5, 5.41) is 6.34. The maximum absolute atomic E-state index is 12.0. The lowest BCUT2D eigenvalue weighted by atomic mass is 9.93. The summed E-state index contributed by atoms with van der Waals surface area (Å²) in [6, 6.07) is 7.78.